The molecule has 0 fully saturated rings. The number of benzene rings is 2. The zero-order chi connectivity index (χ0) is 15.4. The number of furan rings is 1. The van der Waals surface area contributed by atoms with E-state index in [0.29, 0.717) is 5.56 Å². The molecule has 3 heteroatoms. The molecule has 0 N–H and O–H groups in total. The molecule has 3 rings (SSSR count). The van der Waals surface area contributed by atoms with E-state index in [4.69, 9.17) is 9.15 Å². The van der Waals surface area contributed by atoms with Crippen LogP contribution >= 0.6 is 0 Å². The maximum absolute atomic E-state index is 10.7. The number of hydrogen-bond donors (Lipinski definition) is 0. The van der Waals surface area contributed by atoms with Gasteiger partial charge in [0.2, 0.25) is 0 Å². The lowest BCUT2D eigenvalue weighted by molar-refractivity contribution is 0.112. The fourth-order valence-corrected chi connectivity index (χ4v) is 2.31. The second-order valence-corrected chi connectivity index (χ2v) is 5.25. The van der Waals surface area contributed by atoms with E-state index in [9.17, 15) is 4.79 Å². The van der Waals surface area contributed by atoms with Gasteiger partial charge < -0.3 is 9.15 Å². The number of hydrogen-bond acceptors (Lipinski definition) is 3. The average molecular weight is 294 g/mol. The lowest BCUT2D eigenvalue weighted by Gasteiger charge is -2.04. The molecule has 0 aliphatic carbocycles. The van der Waals surface area contributed by atoms with Crippen LogP contribution in [0.4, 0.5) is 0 Å². The Morgan fingerprint density at radius 3 is 2.64 bits per heavy atom. The van der Waals surface area contributed by atoms with Gasteiger partial charge in [-0.05, 0) is 30.7 Å². The van der Waals surface area contributed by atoms with Crippen LogP contribution in [0.2, 0.25) is 0 Å². The molecular weight excluding hydrogens is 276 g/mol. The number of ether oxygens (including phenoxy) is 1. The Morgan fingerprint density at radius 1 is 1.09 bits per heavy atom. The topological polar surface area (TPSA) is 39.4 Å². The van der Waals surface area contributed by atoms with Crippen molar-refractivity contribution in [3.63, 3.8) is 0 Å². The highest BCUT2D eigenvalue weighted by Crippen LogP contribution is 2.30. The summed E-state index contributed by atoms with van der Waals surface area (Å²) in [5, 5.41) is 1.02. The van der Waals surface area contributed by atoms with Crippen LogP contribution in [-0.2, 0) is 0 Å². The van der Waals surface area contributed by atoms with Crippen LogP contribution in [0.1, 0.15) is 30.1 Å². The third-order valence-corrected chi connectivity index (χ3v) is 3.59. The summed E-state index contributed by atoms with van der Waals surface area (Å²) in [6, 6.07) is 15.2. The van der Waals surface area contributed by atoms with E-state index in [1.165, 1.54) is 0 Å². The highest BCUT2D eigenvalue weighted by Gasteiger charge is 2.07. The van der Waals surface area contributed by atoms with Gasteiger partial charge in [0.15, 0.2) is 0 Å². The number of unbranched alkanes of at least 4 members (excludes halogenated alkanes) is 1. The minimum absolute atomic E-state index is 0.659. The standard InChI is InChI=1S/C19H18O3/c1-2-3-10-21-17-8-9-18-16(11-17)12-19(22-18)15-6-4-14(13-20)5-7-15/h4-9,11-13H,2-3,10H2,1H3. The van der Waals surface area contributed by atoms with Crippen molar-refractivity contribution >= 4 is 17.3 Å². The first-order chi connectivity index (χ1) is 10.8. The molecule has 22 heavy (non-hydrogen) atoms. The maximum atomic E-state index is 10.7. The highest BCUT2D eigenvalue weighted by molar-refractivity contribution is 5.84. The van der Waals surface area contributed by atoms with Gasteiger partial charge in [-0.3, -0.25) is 4.79 Å². The molecule has 1 heterocycles. The molecule has 0 bridgehead atoms. The number of fused-ring (bicyclic) bond motifs is 1. The summed E-state index contributed by atoms with van der Waals surface area (Å²) < 4.78 is 11.6. The Labute approximate surface area is 129 Å². The number of carbonyl (C=O) groups excluding carboxylic acids is 1. The van der Waals surface area contributed by atoms with Gasteiger partial charge in [-0.2, -0.15) is 0 Å². The summed E-state index contributed by atoms with van der Waals surface area (Å²) >= 11 is 0. The SMILES string of the molecule is CCCCOc1ccc2oc(-c3ccc(C=O)cc3)cc2c1. The van der Waals surface area contributed by atoms with E-state index in [1.807, 2.05) is 36.4 Å². The lowest BCUT2D eigenvalue weighted by Crippen LogP contribution is -1.95. The van der Waals surface area contributed by atoms with Crippen molar-refractivity contribution in [2.45, 2.75) is 19.8 Å². The second-order valence-electron chi connectivity index (χ2n) is 5.25. The first-order valence-electron chi connectivity index (χ1n) is 7.52. The van der Waals surface area contributed by atoms with Crippen LogP contribution in [0.25, 0.3) is 22.3 Å². The van der Waals surface area contributed by atoms with Gasteiger partial charge in [-0.15, -0.1) is 0 Å². The van der Waals surface area contributed by atoms with Crippen molar-refractivity contribution in [1.29, 1.82) is 0 Å². The van der Waals surface area contributed by atoms with Gasteiger partial charge in [0, 0.05) is 16.5 Å². The van der Waals surface area contributed by atoms with Gasteiger partial charge in [-0.25, -0.2) is 0 Å². The Hall–Kier alpha value is -2.55. The van der Waals surface area contributed by atoms with Crippen molar-refractivity contribution < 1.29 is 13.9 Å². The van der Waals surface area contributed by atoms with Crippen LogP contribution in [0.15, 0.2) is 52.9 Å². The van der Waals surface area contributed by atoms with Crippen LogP contribution < -0.4 is 4.74 Å². The van der Waals surface area contributed by atoms with E-state index in [-0.39, 0.29) is 0 Å². The molecule has 0 saturated heterocycles. The van der Waals surface area contributed by atoms with Crippen molar-refractivity contribution in [3.8, 4) is 17.1 Å². The first-order valence-corrected chi connectivity index (χ1v) is 7.52. The lowest BCUT2D eigenvalue weighted by atomic mass is 10.1. The van der Waals surface area contributed by atoms with Crippen molar-refractivity contribution in [1.82, 2.24) is 0 Å². The first kappa shape index (κ1) is 14.4. The van der Waals surface area contributed by atoms with Crippen molar-refractivity contribution in [2.75, 3.05) is 6.61 Å². The number of rotatable bonds is 6. The third-order valence-electron chi connectivity index (χ3n) is 3.59. The molecule has 1 aromatic heterocycles. The molecule has 0 amide bonds. The van der Waals surface area contributed by atoms with Crippen LogP contribution in [-0.4, -0.2) is 12.9 Å². The summed E-state index contributed by atoms with van der Waals surface area (Å²) in [5.74, 6) is 1.66. The molecule has 0 aliphatic heterocycles. The molecule has 0 atom stereocenters. The predicted molar refractivity (Wildman–Crippen MR) is 87.4 cm³/mol. The molecular formula is C19H18O3. The fourth-order valence-electron chi connectivity index (χ4n) is 2.31. The molecule has 0 radical (unpaired) electrons. The minimum atomic E-state index is 0.659. The largest absolute Gasteiger partial charge is 0.494 e. The van der Waals surface area contributed by atoms with Crippen LogP contribution in [0.5, 0.6) is 5.75 Å². The molecule has 0 unspecified atom stereocenters. The number of aldehydes is 1. The quantitative estimate of drug-likeness (QED) is 0.469. The van der Waals surface area contributed by atoms with Crippen LogP contribution in [0.3, 0.4) is 0 Å². The Kier molecular flexibility index (Phi) is 4.24. The Morgan fingerprint density at radius 2 is 1.91 bits per heavy atom. The molecule has 0 aliphatic rings. The normalized spacial score (nSPS) is 10.8. The van der Waals surface area contributed by atoms with Gasteiger partial charge in [0.25, 0.3) is 0 Å². The molecule has 2 aromatic carbocycles. The summed E-state index contributed by atoms with van der Waals surface area (Å²) in [7, 11) is 0. The van der Waals surface area contributed by atoms with E-state index >= 15 is 0 Å². The van der Waals surface area contributed by atoms with Crippen molar-refractivity contribution in [2.24, 2.45) is 0 Å². The summed E-state index contributed by atoms with van der Waals surface area (Å²) in [5.41, 5.74) is 2.44. The van der Waals surface area contributed by atoms with Crippen LogP contribution in [0, 0.1) is 0 Å². The molecule has 3 aromatic rings. The van der Waals surface area contributed by atoms with E-state index in [1.54, 1.807) is 12.1 Å². The molecule has 0 saturated carbocycles. The summed E-state index contributed by atoms with van der Waals surface area (Å²) in [6.45, 7) is 2.88. The van der Waals surface area contributed by atoms with Gasteiger partial charge in [-0.1, -0.05) is 37.6 Å². The third kappa shape index (κ3) is 3.03. The minimum Gasteiger partial charge on any atom is -0.494 e. The monoisotopic (exact) mass is 294 g/mol. The summed E-state index contributed by atoms with van der Waals surface area (Å²) in [6.07, 6.45) is 3.01. The fraction of sp³-hybridized carbons (Fsp3) is 0.211. The van der Waals surface area contributed by atoms with Gasteiger partial charge >= 0.3 is 0 Å². The molecule has 3 nitrogen and oxygen atoms in total. The maximum Gasteiger partial charge on any atom is 0.150 e. The average Bonchev–Trinajstić information content (AvgIpc) is 2.98. The van der Waals surface area contributed by atoms with Gasteiger partial charge in [0.05, 0.1) is 6.61 Å². The highest BCUT2D eigenvalue weighted by atomic mass is 16.5. The number of carbonyl (C=O) groups is 1. The Balaban J connectivity index is 1.86. The van der Waals surface area contributed by atoms with E-state index < -0.39 is 0 Å². The summed E-state index contributed by atoms with van der Waals surface area (Å²) in [4.78, 5) is 10.7. The zero-order valence-corrected chi connectivity index (χ0v) is 12.5. The smallest absolute Gasteiger partial charge is 0.150 e. The van der Waals surface area contributed by atoms with Crippen molar-refractivity contribution in [3.05, 3.63) is 54.1 Å². The Bertz CT molecular complexity index is 769. The molecule has 0 spiro atoms. The van der Waals surface area contributed by atoms with Gasteiger partial charge in [0.1, 0.15) is 23.4 Å². The zero-order valence-electron chi connectivity index (χ0n) is 12.5. The van der Waals surface area contributed by atoms with E-state index in [0.717, 1.165) is 53.8 Å². The molecule has 112 valence electrons. The van der Waals surface area contributed by atoms with E-state index in [2.05, 4.69) is 6.92 Å². The predicted octanol–water partition coefficient (Wildman–Crippen LogP) is 5.09. The second kappa shape index (κ2) is 6.48.